The van der Waals surface area contributed by atoms with E-state index in [1.165, 1.54) is 12.3 Å². The molecule has 0 fully saturated rings. The van der Waals surface area contributed by atoms with E-state index >= 15 is 0 Å². The second kappa shape index (κ2) is 5.97. The van der Waals surface area contributed by atoms with Gasteiger partial charge in [0.25, 0.3) is 0 Å². The molecule has 6 nitrogen and oxygen atoms in total. The highest BCUT2D eigenvalue weighted by atomic mass is 35.5. The van der Waals surface area contributed by atoms with E-state index < -0.39 is 4.92 Å². The van der Waals surface area contributed by atoms with Crippen molar-refractivity contribution in [3.63, 3.8) is 0 Å². The highest BCUT2D eigenvalue weighted by Crippen LogP contribution is 2.27. The number of pyridine rings is 1. The minimum atomic E-state index is -0.528. The van der Waals surface area contributed by atoms with E-state index in [1.54, 1.807) is 0 Å². The molecule has 1 aromatic heterocycles. The van der Waals surface area contributed by atoms with Crippen LogP contribution in [0.4, 0.5) is 11.5 Å². The third kappa shape index (κ3) is 4.12. The van der Waals surface area contributed by atoms with Gasteiger partial charge in [-0.2, -0.15) is 0 Å². The lowest BCUT2D eigenvalue weighted by molar-refractivity contribution is -0.384. The van der Waals surface area contributed by atoms with E-state index in [1.807, 2.05) is 13.8 Å². The maximum absolute atomic E-state index is 10.9. The molecule has 1 heterocycles. The molecule has 100 valence electrons. The van der Waals surface area contributed by atoms with Crippen molar-refractivity contribution >= 4 is 23.1 Å². The monoisotopic (exact) mass is 273 g/mol. The van der Waals surface area contributed by atoms with Crippen LogP contribution in [-0.2, 0) is 0 Å². The molecule has 0 atom stereocenters. The molecular formula is C11H16ClN3O3. The topological polar surface area (TPSA) is 88.3 Å². The van der Waals surface area contributed by atoms with Gasteiger partial charge in [0.05, 0.1) is 9.95 Å². The molecule has 0 amide bonds. The molecule has 0 bridgehead atoms. The van der Waals surface area contributed by atoms with Crippen LogP contribution in [0.15, 0.2) is 12.3 Å². The van der Waals surface area contributed by atoms with Crippen LogP contribution in [0.25, 0.3) is 0 Å². The number of nitrogens with zero attached hydrogens (tertiary/aromatic N) is 2. The maximum Gasteiger partial charge on any atom is 0.312 e. The second-order valence-corrected chi connectivity index (χ2v) is 5.21. The Balaban J connectivity index is 2.82. The van der Waals surface area contributed by atoms with Crippen molar-refractivity contribution in [2.45, 2.75) is 20.3 Å². The van der Waals surface area contributed by atoms with Gasteiger partial charge in [-0.1, -0.05) is 25.4 Å². The van der Waals surface area contributed by atoms with E-state index in [9.17, 15) is 10.1 Å². The highest BCUT2D eigenvalue weighted by molar-refractivity contribution is 6.30. The standard InChI is InChI=1S/C11H16ClN3O3/c1-11(2,3-4-16)7-14-10-9(15(17)18)5-8(12)6-13-10/h5-6,16H,3-4,7H2,1-2H3,(H,13,14). The predicted octanol–water partition coefficient (Wildman–Crippen LogP) is 2.46. The molecule has 2 N–H and O–H groups in total. The number of aliphatic hydroxyl groups excluding tert-OH is 1. The quantitative estimate of drug-likeness (QED) is 0.614. The molecule has 0 saturated heterocycles. The van der Waals surface area contributed by atoms with Gasteiger partial charge in [0.2, 0.25) is 5.82 Å². The first-order chi connectivity index (χ1) is 8.35. The number of anilines is 1. The lowest BCUT2D eigenvalue weighted by Crippen LogP contribution is -2.25. The molecule has 0 saturated carbocycles. The Bertz CT molecular complexity index is 438. The van der Waals surface area contributed by atoms with Crippen LogP contribution in [0, 0.1) is 15.5 Å². The Hall–Kier alpha value is -1.40. The Morgan fingerprint density at radius 1 is 1.61 bits per heavy atom. The summed E-state index contributed by atoms with van der Waals surface area (Å²) in [6.07, 6.45) is 1.96. The molecule has 1 rings (SSSR count). The van der Waals surface area contributed by atoms with Gasteiger partial charge in [0.15, 0.2) is 0 Å². The van der Waals surface area contributed by atoms with Crippen LogP contribution in [-0.4, -0.2) is 28.2 Å². The van der Waals surface area contributed by atoms with Crippen LogP contribution < -0.4 is 5.32 Å². The Morgan fingerprint density at radius 3 is 2.83 bits per heavy atom. The highest BCUT2D eigenvalue weighted by Gasteiger charge is 2.21. The fraction of sp³-hybridized carbons (Fsp3) is 0.545. The molecule has 0 spiro atoms. The zero-order valence-corrected chi connectivity index (χ0v) is 11.1. The molecule has 0 unspecified atom stereocenters. The maximum atomic E-state index is 10.9. The van der Waals surface area contributed by atoms with Crippen molar-refractivity contribution in [2.24, 2.45) is 5.41 Å². The first-order valence-corrected chi connectivity index (χ1v) is 5.88. The van der Waals surface area contributed by atoms with E-state index in [2.05, 4.69) is 10.3 Å². The molecule has 0 aliphatic heterocycles. The van der Waals surface area contributed by atoms with E-state index in [-0.39, 0.29) is 28.5 Å². The van der Waals surface area contributed by atoms with Crippen molar-refractivity contribution in [3.8, 4) is 0 Å². The van der Waals surface area contributed by atoms with Crippen LogP contribution in [0.3, 0.4) is 0 Å². The Morgan fingerprint density at radius 2 is 2.28 bits per heavy atom. The van der Waals surface area contributed by atoms with Gasteiger partial charge in [0.1, 0.15) is 0 Å². The average molecular weight is 274 g/mol. The van der Waals surface area contributed by atoms with Crippen molar-refractivity contribution in [1.29, 1.82) is 0 Å². The number of aliphatic hydroxyl groups is 1. The first-order valence-electron chi connectivity index (χ1n) is 5.50. The summed E-state index contributed by atoms with van der Waals surface area (Å²) >= 11 is 5.67. The van der Waals surface area contributed by atoms with E-state index in [0.717, 1.165) is 0 Å². The zero-order chi connectivity index (χ0) is 13.8. The molecule has 7 heteroatoms. The number of nitro groups is 1. The summed E-state index contributed by atoms with van der Waals surface area (Å²) in [6, 6.07) is 1.26. The summed E-state index contributed by atoms with van der Waals surface area (Å²) < 4.78 is 0. The third-order valence-electron chi connectivity index (χ3n) is 2.55. The van der Waals surface area contributed by atoms with Gasteiger partial charge >= 0.3 is 5.69 Å². The van der Waals surface area contributed by atoms with Gasteiger partial charge in [-0.05, 0) is 11.8 Å². The number of hydrogen-bond donors (Lipinski definition) is 2. The van der Waals surface area contributed by atoms with Gasteiger partial charge in [-0.3, -0.25) is 10.1 Å². The molecule has 0 aliphatic carbocycles. The molecule has 0 radical (unpaired) electrons. The van der Waals surface area contributed by atoms with Gasteiger partial charge < -0.3 is 10.4 Å². The summed E-state index contributed by atoms with van der Waals surface area (Å²) in [4.78, 5) is 14.2. The van der Waals surface area contributed by atoms with Gasteiger partial charge in [-0.25, -0.2) is 4.98 Å². The smallest absolute Gasteiger partial charge is 0.312 e. The summed E-state index contributed by atoms with van der Waals surface area (Å²) in [5, 5.41) is 22.9. The number of hydrogen-bond acceptors (Lipinski definition) is 5. The zero-order valence-electron chi connectivity index (χ0n) is 10.3. The lowest BCUT2D eigenvalue weighted by atomic mass is 9.90. The Labute approximate surface area is 110 Å². The van der Waals surface area contributed by atoms with Crippen molar-refractivity contribution in [3.05, 3.63) is 27.4 Å². The van der Waals surface area contributed by atoms with Crippen molar-refractivity contribution < 1.29 is 10.0 Å². The minimum Gasteiger partial charge on any atom is -0.396 e. The number of rotatable bonds is 6. The van der Waals surface area contributed by atoms with Gasteiger partial charge in [0, 0.05) is 25.4 Å². The van der Waals surface area contributed by atoms with Crippen LogP contribution in [0.5, 0.6) is 0 Å². The average Bonchev–Trinajstić information content (AvgIpc) is 2.27. The van der Waals surface area contributed by atoms with Gasteiger partial charge in [-0.15, -0.1) is 0 Å². The molecule has 18 heavy (non-hydrogen) atoms. The van der Waals surface area contributed by atoms with Crippen LogP contribution in [0.1, 0.15) is 20.3 Å². The third-order valence-corrected chi connectivity index (χ3v) is 2.76. The number of halogens is 1. The SMILES string of the molecule is CC(C)(CCO)CNc1ncc(Cl)cc1[N+](=O)[O-]. The second-order valence-electron chi connectivity index (χ2n) is 4.77. The fourth-order valence-electron chi connectivity index (χ4n) is 1.42. The number of aromatic nitrogens is 1. The van der Waals surface area contributed by atoms with E-state index in [4.69, 9.17) is 16.7 Å². The summed E-state index contributed by atoms with van der Waals surface area (Å²) in [6.45, 7) is 4.46. The molecule has 0 aliphatic rings. The largest absolute Gasteiger partial charge is 0.396 e. The summed E-state index contributed by atoms with van der Waals surface area (Å²) in [5.74, 6) is 0.190. The van der Waals surface area contributed by atoms with E-state index in [0.29, 0.717) is 13.0 Å². The summed E-state index contributed by atoms with van der Waals surface area (Å²) in [7, 11) is 0. The summed E-state index contributed by atoms with van der Waals surface area (Å²) in [5.41, 5.74) is -0.327. The van der Waals surface area contributed by atoms with Crippen LogP contribution in [0.2, 0.25) is 5.02 Å². The van der Waals surface area contributed by atoms with Crippen molar-refractivity contribution in [2.75, 3.05) is 18.5 Å². The molecule has 1 aromatic rings. The van der Waals surface area contributed by atoms with Crippen LogP contribution >= 0.6 is 11.6 Å². The number of nitrogens with one attached hydrogen (secondary N) is 1. The lowest BCUT2D eigenvalue weighted by Gasteiger charge is -2.23. The predicted molar refractivity (Wildman–Crippen MR) is 69.9 cm³/mol. The normalized spacial score (nSPS) is 11.3. The van der Waals surface area contributed by atoms with Crippen molar-refractivity contribution in [1.82, 2.24) is 4.98 Å². The Kier molecular flexibility index (Phi) is 4.86. The molecular weight excluding hydrogens is 258 g/mol. The molecule has 0 aromatic carbocycles. The first kappa shape index (κ1) is 14.7. The minimum absolute atomic E-state index is 0.0742. The fourth-order valence-corrected chi connectivity index (χ4v) is 1.57.